The molecular formula is C29H35N5O2. The average Bonchev–Trinajstić information content (AvgIpc) is 2.88. The second-order valence-electron chi connectivity index (χ2n) is 9.71. The number of pyridine rings is 1. The Hall–Kier alpha value is -3.71. The summed E-state index contributed by atoms with van der Waals surface area (Å²) in [7, 11) is 1.83. The summed E-state index contributed by atoms with van der Waals surface area (Å²) in [5, 5.41) is 6.42. The molecule has 2 N–H and O–H groups in total. The highest BCUT2D eigenvalue weighted by atomic mass is 16.2. The number of anilines is 2. The van der Waals surface area contributed by atoms with Crippen molar-refractivity contribution in [3.8, 4) is 0 Å². The SMILES string of the molecule is Cc1ccc(C(C)CN[C@H](C(=O)Nc2ccc(N3CC(=O)N(C)C[C@H]3C)cn2)c2ccccc2)cc1. The van der Waals surface area contributed by atoms with Gasteiger partial charge in [-0.05, 0) is 43.0 Å². The topological polar surface area (TPSA) is 77.6 Å². The lowest BCUT2D eigenvalue weighted by molar-refractivity contribution is -0.130. The Morgan fingerprint density at radius 2 is 1.78 bits per heavy atom. The van der Waals surface area contributed by atoms with Gasteiger partial charge < -0.3 is 20.4 Å². The van der Waals surface area contributed by atoms with Crippen molar-refractivity contribution in [1.29, 1.82) is 0 Å². The number of nitrogens with one attached hydrogen (secondary N) is 2. The van der Waals surface area contributed by atoms with Crippen LogP contribution in [0.1, 0.15) is 42.5 Å². The summed E-state index contributed by atoms with van der Waals surface area (Å²) < 4.78 is 0. The maximum atomic E-state index is 13.4. The van der Waals surface area contributed by atoms with E-state index in [1.54, 1.807) is 17.2 Å². The zero-order valence-corrected chi connectivity index (χ0v) is 21.4. The van der Waals surface area contributed by atoms with Crippen LogP contribution < -0.4 is 15.5 Å². The molecule has 0 spiro atoms. The van der Waals surface area contributed by atoms with Crippen LogP contribution in [0.5, 0.6) is 0 Å². The van der Waals surface area contributed by atoms with Crippen LogP contribution in [0.4, 0.5) is 11.5 Å². The molecule has 0 aliphatic carbocycles. The second kappa shape index (κ2) is 11.4. The van der Waals surface area contributed by atoms with Crippen LogP contribution in [0.2, 0.25) is 0 Å². The molecule has 0 bridgehead atoms. The molecule has 1 fully saturated rings. The number of aryl methyl sites for hydroxylation is 1. The van der Waals surface area contributed by atoms with Gasteiger partial charge in [0.15, 0.2) is 0 Å². The van der Waals surface area contributed by atoms with Gasteiger partial charge in [-0.2, -0.15) is 0 Å². The van der Waals surface area contributed by atoms with Crippen molar-refractivity contribution in [2.24, 2.45) is 0 Å². The molecule has 188 valence electrons. The van der Waals surface area contributed by atoms with Gasteiger partial charge in [0.2, 0.25) is 11.8 Å². The predicted molar refractivity (Wildman–Crippen MR) is 144 cm³/mol. The van der Waals surface area contributed by atoms with Crippen molar-refractivity contribution in [3.05, 3.63) is 89.6 Å². The van der Waals surface area contributed by atoms with Gasteiger partial charge in [0.1, 0.15) is 11.9 Å². The average molecular weight is 486 g/mol. The largest absolute Gasteiger partial charge is 0.356 e. The summed E-state index contributed by atoms with van der Waals surface area (Å²) in [4.78, 5) is 33.8. The molecular weight excluding hydrogens is 450 g/mol. The Kier molecular flexibility index (Phi) is 8.00. The molecule has 36 heavy (non-hydrogen) atoms. The number of benzene rings is 2. The van der Waals surface area contributed by atoms with E-state index in [-0.39, 0.29) is 23.8 Å². The summed E-state index contributed by atoms with van der Waals surface area (Å²) in [6, 6.07) is 21.6. The third-order valence-corrected chi connectivity index (χ3v) is 6.80. The van der Waals surface area contributed by atoms with Gasteiger partial charge in [-0.25, -0.2) is 4.98 Å². The molecule has 7 heteroatoms. The van der Waals surface area contributed by atoms with Crippen molar-refractivity contribution in [1.82, 2.24) is 15.2 Å². The first-order valence-corrected chi connectivity index (χ1v) is 12.4. The summed E-state index contributed by atoms with van der Waals surface area (Å²) in [6.07, 6.45) is 1.72. The summed E-state index contributed by atoms with van der Waals surface area (Å²) in [5.41, 5.74) is 4.22. The Balaban J connectivity index is 1.44. The first-order chi connectivity index (χ1) is 17.3. The molecule has 3 atom stereocenters. The molecule has 1 aliphatic heterocycles. The summed E-state index contributed by atoms with van der Waals surface area (Å²) >= 11 is 0. The normalized spacial score (nSPS) is 17.6. The minimum absolute atomic E-state index is 0.0853. The van der Waals surface area contributed by atoms with E-state index in [0.717, 1.165) is 11.3 Å². The smallest absolute Gasteiger partial charge is 0.247 e. The lowest BCUT2D eigenvalue weighted by Crippen LogP contribution is -2.53. The molecule has 3 aromatic rings. The van der Waals surface area contributed by atoms with Crippen LogP contribution in [-0.2, 0) is 9.59 Å². The van der Waals surface area contributed by atoms with E-state index < -0.39 is 6.04 Å². The zero-order valence-electron chi connectivity index (χ0n) is 21.4. The quantitative estimate of drug-likeness (QED) is 0.502. The van der Waals surface area contributed by atoms with E-state index in [1.165, 1.54) is 11.1 Å². The predicted octanol–water partition coefficient (Wildman–Crippen LogP) is 4.13. The Labute approximate surface area is 213 Å². The molecule has 4 rings (SSSR count). The first-order valence-electron chi connectivity index (χ1n) is 12.4. The third kappa shape index (κ3) is 6.10. The molecule has 7 nitrogen and oxygen atoms in total. The molecule has 1 unspecified atom stereocenters. The number of hydrogen-bond acceptors (Lipinski definition) is 5. The van der Waals surface area contributed by atoms with E-state index in [4.69, 9.17) is 0 Å². The van der Waals surface area contributed by atoms with Gasteiger partial charge >= 0.3 is 0 Å². The Morgan fingerprint density at radius 3 is 2.44 bits per heavy atom. The number of amides is 2. The Bertz CT molecular complexity index is 1160. The fourth-order valence-electron chi connectivity index (χ4n) is 4.51. The molecule has 1 aliphatic rings. The van der Waals surface area contributed by atoms with Gasteiger partial charge in [0.05, 0.1) is 18.4 Å². The van der Waals surface area contributed by atoms with Gasteiger partial charge in [-0.1, -0.05) is 67.1 Å². The van der Waals surface area contributed by atoms with Gasteiger partial charge in [-0.15, -0.1) is 0 Å². The minimum atomic E-state index is -0.518. The van der Waals surface area contributed by atoms with E-state index >= 15 is 0 Å². The number of carbonyl (C=O) groups excluding carboxylic acids is 2. The molecule has 0 saturated carbocycles. The van der Waals surface area contributed by atoms with Gasteiger partial charge in [0, 0.05) is 26.2 Å². The van der Waals surface area contributed by atoms with E-state index in [1.807, 2.05) is 48.3 Å². The first kappa shape index (κ1) is 25.4. The zero-order chi connectivity index (χ0) is 25.7. The third-order valence-electron chi connectivity index (χ3n) is 6.80. The Morgan fingerprint density at radius 1 is 1.06 bits per heavy atom. The monoisotopic (exact) mass is 485 g/mol. The number of carbonyl (C=O) groups is 2. The molecule has 2 aromatic carbocycles. The maximum Gasteiger partial charge on any atom is 0.247 e. The molecule has 0 radical (unpaired) electrons. The van der Waals surface area contributed by atoms with Crippen molar-refractivity contribution in [2.75, 3.05) is 36.9 Å². The number of piperazine rings is 1. The number of nitrogens with zero attached hydrogens (tertiary/aromatic N) is 3. The summed E-state index contributed by atoms with van der Waals surface area (Å²) in [6.45, 7) is 7.97. The number of aromatic nitrogens is 1. The van der Waals surface area contributed by atoms with E-state index in [2.05, 4.69) is 60.7 Å². The van der Waals surface area contributed by atoms with Crippen LogP contribution in [0.25, 0.3) is 0 Å². The van der Waals surface area contributed by atoms with Crippen molar-refractivity contribution in [2.45, 2.75) is 38.8 Å². The fraction of sp³-hybridized carbons (Fsp3) is 0.345. The van der Waals surface area contributed by atoms with E-state index in [9.17, 15) is 9.59 Å². The number of hydrogen-bond donors (Lipinski definition) is 2. The van der Waals surface area contributed by atoms with Crippen molar-refractivity contribution >= 4 is 23.3 Å². The van der Waals surface area contributed by atoms with Crippen LogP contribution in [0.15, 0.2) is 72.9 Å². The van der Waals surface area contributed by atoms with Crippen LogP contribution in [0.3, 0.4) is 0 Å². The highest BCUT2D eigenvalue weighted by Crippen LogP contribution is 2.23. The van der Waals surface area contributed by atoms with Crippen LogP contribution in [-0.4, -0.2) is 54.4 Å². The maximum absolute atomic E-state index is 13.4. The molecule has 2 heterocycles. The van der Waals surface area contributed by atoms with Crippen LogP contribution >= 0.6 is 0 Å². The standard InChI is InChI=1S/C29H35N5O2/c1-20-10-12-23(13-11-20)21(2)16-31-28(24-8-6-5-7-9-24)29(36)32-26-15-14-25(17-30-26)34-19-27(35)33(4)18-22(34)3/h5-15,17,21-22,28,31H,16,18-19H2,1-4H3,(H,30,32,36)/t21?,22-,28+/m1/s1. The van der Waals surface area contributed by atoms with Crippen molar-refractivity contribution in [3.63, 3.8) is 0 Å². The lowest BCUT2D eigenvalue weighted by Gasteiger charge is -2.39. The minimum Gasteiger partial charge on any atom is -0.356 e. The van der Waals surface area contributed by atoms with E-state index in [0.29, 0.717) is 25.5 Å². The van der Waals surface area contributed by atoms with Gasteiger partial charge in [-0.3, -0.25) is 9.59 Å². The fourth-order valence-corrected chi connectivity index (χ4v) is 4.51. The number of rotatable bonds is 8. The molecule has 1 aromatic heterocycles. The van der Waals surface area contributed by atoms with Crippen molar-refractivity contribution < 1.29 is 9.59 Å². The summed E-state index contributed by atoms with van der Waals surface area (Å²) in [5.74, 6) is 0.643. The highest BCUT2D eigenvalue weighted by molar-refractivity contribution is 5.95. The molecule has 2 amide bonds. The molecule has 1 saturated heterocycles. The van der Waals surface area contributed by atoms with Gasteiger partial charge in [0.25, 0.3) is 0 Å². The lowest BCUT2D eigenvalue weighted by atomic mass is 9.98. The second-order valence-corrected chi connectivity index (χ2v) is 9.71. The highest BCUT2D eigenvalue weighted by Gasteiger charge is 2.27. The number of likely N-dealkylation sites (N-methyl/N-ethyl adjacent to an activating group) is 1. The van der Waals surface area contributed by atoms with Crippen LogP contribution in [0, 0.1) is 6.92 Å².